The first-order chi connectivity index (χ1) is 9.01. The first kappa shape index (κ1) is 12.9. The normalized spacial score (nSPS) is 10.0. The molecule has 2 aromatic carbocycles. The van der Waals surface area contributed by atoms with Gasteiger partial charge in [0.15, 0.2) is 5.75 Å². The molecule has 2 aromatic rings. The van der Waals surface area contributed by atoms with E-state index in [-0.39, 0.29) is 5.75 Å². The zero-order valence-electron chi connectivity index (χ0n) is 10.7. The molecule has 0 saturated heterocycles. The number of hydrogen-bond acceptors (Lipinski definition) is 3. The van der Waals surface area contributed by atoms with E-state index >= 15 is 0 Å². The van der Waals surface area contributed by atoms with E-state index in [1.54, 1.807) is 12.1 Å². The smallest absolute Gasteiger partial charge is 0.153 e. The fraction of sp³-hybridized carbons (Fsp3) is 0.133. The summed E-state index contributed by atoms with van der Waals surface area (Å²) in [6, 6.07) is 9.50. The molecule has 0 amide bonds. The SMILES string of the molecule is Cc1cc(C#N)cc(C)c1Oc1cc(F)ccc1N. The van der Waals surface area contributed by atoms with Crippen molar-refractivity contribution >= 4 is 5.69 Å². The molecule has 0 radical (unpaired) electrons. The molecule has 0 saturated carbocycles. The molecule has 0 aliphatic carbocycles. The number of nitrogens with two attached hydrogens (primary N) is 1. The van der Waals surface area contributed by atoms with Gasteiger partial charge < -0.3 is 10.5 Å². The summed E-state index contributed by atoms with van der Waals surface area (Å²) in [6.45, 7) is 3.66. The Bertz CT molecular complexity index is 651. The number of halogens is 1. The number of nitrogens with zero attached hydrogens (tertiary/aromatic N) is 1. The molecule has 0 unspecified atom stereocenters. The van der Waals surface area contributed by atoms with Crippen molar-refractivity contribution in [1.82, 2.24) is 0 Å². The molecule has 96 valence electrons. The Labute approximate surface area is 111 Å². The second-order valence-corrected chi connectivity index (χ2v) is 4.34. The molecular formula is C15H13FN2O. The van der Waals surface area contributed by atoms with Gasteiger partial charge in [-0.05, 0) is 49.2 Å². The maximum absolute atomic E-state index is 13.2. The van der Waals surface area contributed by atoms with Crippen molar-refractivity contribution in [2.24, 2.45) is 0 Å². The van der Waals surface area contributed by atoms with Crippen LogP contribution in [0.5, 0.6) is 11.5 Å². The summed E-state index contributed by atoms with van der Waals surface area (Å²) in [7, 11) is 0. The Balaban J connectivity index is 2.44. The van der Waals surface area contributed by atoms with Crippen molar-refractivity contribution in [2.75, 3.05) is 5.73 Å². The maximum Gasteiger partial charge on any atom is 0.153 e. The topological polar surface area (TPSA) is 59.0 Å². The Morgan fingerprint density at radius 3 is 2.37 bits per heavy atom. The van der Waals surface area contributed by atoms with Crippen molar-refractivity contribution in [3.8, 4) is 17.6 Å². The molecule has 2 rings (SSSR count). The standard InChI is InChI=1S/C15H13FN2O/c1-9-5-11(8-17)6-10(2)15(9)19-14-7-12(16)3-4-13(14)18/h3-7H,18H2,1-2H3. The number of aryl methyl sites for hydroxylation is 2. The van der Waals surface area contributed by atoms with Gasteiger partial charge in [0.1, 0.15) is 11.6 Å². The summed E-state index contributed by atoms with van der Waals surface area (Å²) < 4.78 is 18.9. The highest BCUT2D eigenvalue weighted by molar-refractivity contribution is 5.56. The fourth-order valence-corrected chi connectivity index (χ4v) is 1.88. The fourth-order valence-electron chi connectivity index (χ4n) is 1.88. The van der Waals surface area contributed by atoms with Gasteiger partial charge in [-0.25, -0.2) is 4.39 Å². The molecule has 0 spiro atoms. The Hall–Kier alpha value is -2.54. The van der Waals surface area contributed by atoms with Crippen molar-refractivity contribution in [3.05, 3.63) is 52.8 Å². The number of nitrogen functional groups attached to an aromatic ring is 1. The highest BCUT2D eigenvalue weighted by Gasteiger charge is 2.10. The minimum Gasteiger partial charge on any atom is -0.455 e. The minimum atomic E-state index is -0.409. The molecule has 0 fully saturated rings. The zero-order valence-corrected chi connectivity index (χ0v) is 10.7. The third kappa shape index (κ3) is 2.66. The Kier molecular flexibility index (Phi) is 3.39. The highest BCUT2D eigenvalue weighted by Crippen LogP contribution is 2.33. The summed E-state index contributed by atoms with van der Waals surface area (Å²) >= 11 is 0. The van der Waals surface area contributed by atoms with Crippen molar-refractivity contribution in [3.63, 3.8) is 0 Å². The molecule has 0 bridgehead atoms. The number of anilines is 1. The minimum absolute atomic E-state index is 0.274. The molecule has 2 N–H and O–H groups in total. The van der Waals surface area contributed by atoms with E-state index in [4.69, 9.17) is 15.7 Å². The monoisotopic (exact) mass is 256 g/mol. The second-order valence-electron chi connectivity index (χ2n) is 4.34. The summed E-state index contributed by atoms with van der Waals surface area (Å²) in [5, 5.41) is 8.89. The van der Waals surface area contributed by atoms with Crippen LogP contribution in [0.1, 0.15) is 16.7 Å². The van der Waals surface area contributed by atoms with E-state index < -0.39 is 5.82 Å². The van der Waals surface area contributed by atoms with Crippen LogP contribution in [-0.4, -0.2) is 0 Å². The first-order valence-electron chi connectivity index (χ1n) is 5.75. The Morgan fingerprint density at radius 1 is 1.16 bits per heavy atom. The number of nitriles is 1. The predicted molar refractivity (Wildman–Crippen MR) is 71.5 cm³/mol. The van der Waals surface area contributed by atoms with Crippen LogP contribution in [0.15, 0.2) is 30.3 Å². The number of hydrogen-bond donors (Lipinski definition) is 1. The molecule has 0 aliphatic heterocycles. The van der Waals surface area contributed by atoms with E-state index in [0.29, 0.717) is 17.0 Å². The van der Waals surface area contributed by atoms with Crippen LogP contribution in [0, 0.1) is 31.0 Å². The van der Waals surface area contributed by atoms with Crippen LogP contribution < -0.4 is 10.5 Å². The molecule has 0 aromatic heterocycles. The van der Waals surface area contributed by atoms with Gasteiger partial charge >= 0.3 is 0 Å². The summed E-state index contributed by atoms with van der Waals surface area (Å²) in [4.78, 5) is 0. The summed E-state index contributed by atoms with van der Waals surface area (Å²) in [5.74, 6) is 0.459. The molecule has 0 atom stereocenters. The third-order valence-electron chi connectivity index (χ3n) is 2.78. The van der Waals surface area contributed by atoms with Crippen LogP contribution >= 0.6 is 0 Å². The lowest BCUT2D eigenvalue weighted by atomic mass is 10.1. The van der Waals surface area contributed by atoms with Crippen LogP contribution in [0.4, 0.5) is 10.1 Å². The van der Waals surface area contributed by atoms with Crippen LogP contribution in [0.2, 0.25) is 0 Å². The van der Waals surface area contributed by atoms with Crippen molar-refractivity contribution in [1.29, 1.82) is 5.26 Å². The average Bonchev–Trinajstić information content (AvgIpc) is 2.37. The lowest BCUT2D eigenvalue weighted by Crippen LogP contribution is -1.96. The van der Waals surface area contributed by atoms with E-state index in [1.807, 2.05) is 13.8 Å². The van der Waals surface area contributed by atoms with Crippen molar-refractivity contribution < 1.29 is 9.13 Å². The second kappa shape index (κ2) is 4.99. The van der Waals surface area contributed by atoms with Gasteiger partial charge in [-0.3, -0.25) is 0 Å². The summed E-state index contributed by atoms with van der Waals surface area (Å²) in [5.41, 5.74) is 8.29. The molecule has 4 heteroatoms. The summed E-state index contributed by atoms with van der Waals surface area (Å²) in [6.07, 6.45) is 0. The quantitative estimate of drug-likeness (QED) is 0.833. The van der Waals surface area contributed by atoms with Crippen LogP contribution in [-0.2, 0) is 0 Å². The van der Waals surface area contributed by atoms with Gasteiger partial charge in [0.2, 0.25) is 0 Å². The van der Waals surface area contributed by atoms with Gasteiger partial charge in [-0.15, -0.1) is 0 Å². The van der Waals surface area contributed by atoms with Gasteiger partial charge in [0.25, 0.3) is 0 Å². The van der Waals surface area contributed by atoms with Gasteiger partial charge in [-0.1, -0.05) is 0 Å². The van der Waals surface area contributed by atoms with Gasteiger partial charge in [0, 0.05) is 6.07 Å². The van der Waals surface area contributed by atoms with Gasteiger partial charge in [0.05, 0.1) is 17.3 Å². The molecule has 3 nitrogen and oxygen atoms in total. The number of rotatable bonds is 2. The molecule has 19 heavy (non-hydrogen) atoms. The lowest BCUT2D eigenvalue weighted by molar-refractivity contribution is 0.472. The van der Waals surface area contributed by atoms with E-state index in [2.05, 4.69) is 6.07 Å². The van der Waals surface area contributed by atoms with Crippen LogP contribution in [0.25, 0.3) is 0 Å². The highest BCUT2D eigenvalue weighted by atomic mass is 19.1. The predicted octanol–water partition coefficient (Wildman–Crippen LogP) is 3.69. The average molecular weight is 256 g/mol. The Morgan fingerprint density at radius 2 is 1.79 bits per heavy atom. The van der Waals surface area contributed by atoms with Crippen molar-refractivity contribution in [2.45, 2.75) is 13.8 Å². The van der Waals surface area contributed by atoms with E-state index in [9.17, 15) is 4.39 Å². The van der Waals surface area contributed by atoms with E-state index in [1.165, 1.54) is 18.2 Å². The van der Waals surface area contributed by atoms with Crippen LogP contribution in [0.3, 0.4) is 0 Å². The maximum atomic E-state index is 13.2. The molecule has 0 aliphatic rings. The number of ether oxygens (including phenoxy) is 1. The molecular weight excluding hydrogens is 243 g/mol. The van der Waals surface area contributed by atoms with E-state index in [0.717, 1.165) is 11.1 Å². The third-order valence-corrected chi connectivity index (χ3v) is 2.78. The molecule has 0 heterocycles. The lowest BCUT2D eigenvalue weighted by Gasteiger charge is -2.13. The largest absolute Gasteiger partial charge is 0.455 e. The zero-order chi connectivity index (χ0) is 14.0. The first-order valence-corrected chi connectivity index (χ1v) is 5.75. The number of benzene rings is 2. The van der Waals surface area contributed by atoms with Gasteiger partial charge in [-0.2, -0.15) is 5.26 Å².